The number of methoxy groups -OCH3 is 2. The van der Waals surface area contributed by atoms with Crippen molar-refractivity contribution in [3.05, 3.63) is 59.8 Å². The van der Waals surface area contributed by atoms with E-state index >= 15 is 0 Å². The minimum atomic E-state index is -0.596. The molecule has 1 saturated heterocycles. The average Bonchev–Trinajstić information content (AvgIpc) is 3.25. The molecule has 0 saturated carbocycles. The van der Waals surface area contributed by atoms with Gasteiger partial charge in [0.05, 0.1) is 25.3 Å². The van der Waals surface area contributed by atoms with E-state index in [4.69, 9.17) is 9.47 Å². The molecule has 31 heavy (non-hydrogen) atoms. The van der Waals surface area contributed by atoms with Gasteiger partial charge in [-0.1, -0.05) is 18.2 Å². The molecule has 2 amide bonds. The molecule has 0 radical (unpaired) electrons. The van der Waals surface area contributed by atoms with Crippen molar-refractivity contribution >= 4 is 28.5 Å². The fourth-order valence-corrected chi connectivity index (χ4v) is 3.77. The van der Waals surface area contributed by atoms with E-state index in [2.05, 4.69) is 4.98 Å². The topological polar surface area (TPSA) is 91.9 Å². The van der Waals surface area contributed by atoms with Crippen LogP contribution in [0.1, 0.15) is 20.7 Å². The first-order valence-electron chi connectivity index (χ1n) is 9.94. The number of ether oxygens (including phenoxy) is 2. The van der Waals surface area contributed by atoms with E-state index in [9.17, 15) is 14.4 Å². The lowest BCUT2D eigenvalue weighted by atomic mass is 10.1. The molecule has 3 aromatic rings. The van der Waals surface area contributed by atoms with E-state index in [1.54, 1.807) is 29.2 Å². The van der Waals surface area contributed by atoms with E-state index in [1.165, 1.54) is 25.3 Å². The van der Waals surface area contributed by atoms with Crippen molar-refractivity contribution in [1.29, 1.82) is 0 Å². The molecule has 2 heterocycles. The van der Waals surface area contributed by atoms with Crippen molar-refractivity contribution in [3.63, 3.8) is 0 Å². The number of benzene rings is 2. The Morgan fingerprint density at radius 3 is 2.13 bits per heavy atom. The zero-order valence-corrected chi connectivity index (χ0v) is 17.4. The lowest BCUT2D eigenvalue weighted by Gasteiger charge is -2.34. The summed E-state index contributed by atoms with van der Waals surface area (Å²) in [6.45, 7) is 1.38. The molecule has 8 heteroatoms. The van der Waals surface area contributed by atoms with E-state index in [-0.39, 0.29) is 11.5 Å². The van der Waals surface area contributed by atoms with Crippen LogP contribution in [0.25, 0.3) is 10.9 Å². The Kier molecular flexibility index (Phi) is 5.62. The quantitative estimate of drug-likeness (QED) is 0.504. The molecule has 1 aliphatic heterocycles. The molecule has 4 rings (SSSR count). The fraction of sp³-hybridized carbons (Fsp3) is 0.261. The summed E-state index contributed by atoms with van der Waals surface area (Å²) in [6.07, 6.45) is 1.53. The number of aromatic nitrogens is 1. The van der Waals surface area contributed by atoms with E-state index in [0.29, 0.717) is 54.1 Å². The van der Waals surface area contributed by atoms with E-state index in [1.807, 2.05) is 18.2 Å². The molecule has 160 valence electrons. The summed E-state index contributed by atoms with van der Waals surface area (Å²) in [4.78, 5) is 44.6. The number of ketones is 1. The van der Waals surface area contributed by atoms with Crippen LogP contribution in [0, 0.1) is 0 Å². The Bertz CT molecular complexity index is 1130. The summed E-state index contributed by atoms with van der Waals surface area (Å²) < 4.78 is 10.6. The Hall–Kier alpha value is -3.81. The monoisotopic (exact) mass is 421 g/mol. The fourth-order valence-electron chi connectivity index (χ4n) is 3.77. The lowest BCUT2D eigenvalue weighted by Crippen LogP contribution is -2.52. The van der Waals surface area contributed by atoms with Crippen molar-refractivity contribution in [2.75, 3.05) is 40.4 Å². The Labute approximate surface area is 179 Å². The molecule has 0 unspecified atom stereocenters. The number of hydrogen-bond acceptors (Lipinski definition) is 5. The molecule has 1 aliphatic rings. The van der Waals surface area contributed by atoms with Crippen LogP contribution in [-0.4, -0.2) is 72.8 Å². The van der Waals surface area contributed by atoms with Gasteiger partial charge in [0.2, 0.25) is 0 Å². The number of carbonyl (C=O) groups is 3. The summed E-state index contributed by atoms with van der Waals surface area (Å²) in [5, 5.41) is 0.592. The van der Waals surface area contributed by atoms with Gasteiger partial charge in [0, 0.05) is 49.4 Å². The third-order valence-electron chi connectivity index (χ3n) is 5.50. The van der Waals surface area contributed by atoms with Gasteiger partial charge in [0.15, 0.2) is 11.5 Å². The number of piperazine rings is 1. The van der Waals surface area contributed by atoms with Crippen LogP contribution in [0.2, 0.25) is 0 Å². The molecule has 0 bridgehead atoms. The molecular weight excluding hydrogens is 398 g/mol. The van der Waals surface area contributed by atoms with Gasteiger partial charge >= 0.3 is 0 Å². The molecule has 0 aliphatic carbocycles. The second-order valence-corrected chi connectivity index (χ2v) is 7.23. The van der Waals surface area contributed by atoms with Crippen LogP contribution in [0.3, 0.4) is 0 Å². The van der Waals surface area contributed by atoms with Crippen LogP contribution in [-0.2, 0) is 4.79 Å². The highest BCUT2D eigenvalue weighted by Crippen LogP contribution is 2.33. The number of aromatic amines is 1. The highest BCUT2D eigenvalue weighted by molar-refractivity contribution is 6.44. The number of carbonyl (C=O) groups excluding carboxylic acids is 3. The summed E-state index contributed by atoms with van der Waals surface area (Å²) >= 11 is 0. The van der Waals surface area contributed by atoms with Crippen LogP contribution in [0.4, 0.5) is 0 Å². The minimum Gasteiger partial charge on any atom is -0.493 e. The highest BCUT2D eigenvalue weighted by Gasteiger charge is 2.30. The van der Waals surface area contributed by atoms with Crippen molar-refractivity contribution in [2.45, 2.75) is 0 Å². The minimum absolute atomic E-state index is 0.0725. The molecular formula is C23H23N3O5. The Balaban J connectivity index is 1.47. The summed E-state index contributed by atoms with van der Waals surface area (Å²) in [7, 11) is 3.05. The van der Waals surface area contributed by atoms with Gasteiger partial charge in [-0.05, 0) is 18.2 Å². The number of nitrogens with zero attached hydrogens (tertiary/aromatic N) is 2. The molecule has 0 atom stereocenters. The molecule has 1 aromatic heterocycles. The number of Topliss-reactive ketones (excluding diaryl/α,β-unsaturated/α-hetero) is 1. The second kappa shape index (κ2) is 8.51. The highest BCUT2D eigenvalue weighted by atomic mass is 16.5. The maximum Gasteiger partial charge on any atom is 0.295 e. The van der Waals surface area contributed by atoms with Crippen LogP contribution < -0.4 is 9.47 Å². The number of rotatable bonds is 5. The van der Waals surface area contributed by atoms with Gasteiger partial charge in [-0.3, -0.25) is 14.4 Å². The molecule has 1 fully saturated rings. The molecule has 1 N–H and O–H groups in total. The third kappa shape index (κ3) is 3.84. The predicted octanol–water partition coefficient (Wildman–Crippen LogP) is 2.35. The predicted molar refractivity (Wildman–Crippen MR) is 115 cm³/mol. The third-order valence-corrected chi connectivity index (χ3v) is 5.50. The van der Waals surface area contributed by atoms with Crippen LogP contribution in [0.5, 0.6) is 11.5 Å². The Morgan fingerprint density at radius 2 is 1.48 bits per heavy atom. The standard InChI is InChI=1S/C23H23N3O5/c1-30-19-12-16-17(14-24-18(16)13-20(19)31-2)21(27)23(29)26-10-8-25(9-11-26)22(28)15-6-4-3-5-7-15/h3-7,12-14,24H,8-11H2,1-2H3. The van der Waals surface area contributed by atoms with Crippen LogP contribution in [0.15, 0.2) is 48.7 Å². The zero-order chi connectivity index (χ0) is 22.0. The van der Waals surface area contributed by atoms with Crippen molar-refractivity contribution in [3.8, 4) is 11.5 Å². The van der Waals surface area contributed by atoms with Gasteiger partial charge in [-0.25, -0.2) is 0 Å². The first kappa shape index (κ1) is 20.5. The number of hydrogen-bond donors (Lipinski definition) is 1. The van der Waals surface area contributed by atoms with Crippen molar-refractivity contribution < 1.29 is 23.9 Å². The largest absolute Gasteiger partial charge is 0.493 e. The first-order valence-corrected chi connectivity index (χ1v) is 9.94. The molecule has 0 spiro atoms. The average molecular weight is 421 g/mol. The molecule has 2 aromatic carbocycles. The van der Waals surface area contributed by atoms with Gasteiger partial charge in [-0.2, -0.15) is 0 Å². The SMILES string of the molecule is COc1cc2[nH]cc(C(=O)C(=O)N3CCN(C(=O)c4ccccc4)CC3)c2cc1OC. The summed E-state index contributed by atoms with van der Waals surface area (Å²) in [5.74, 6) is -0.244. The van der Waals surface area contributed by atoms with Gasteiger partial charge in [0.1, 0.15) is 0 Å². The number of fused-ring (bicyclic) bond motifs is 1. The van der Waals surface area contributed by atoms with Gasteiger partial charge in [-0.15, -0.1) is 0 Å². The maximum atomic E-state index is 12.9. The first-order chi connectivity index (χ1) is 15.0. The van der Waals surface area contributed by atoms with Crippen molar-refractivity contribution in [2.24, 2.45) is 0 Å². The van der Waals surface area contributed by atoms with E-state index in [0.717, 1.165) is 0 Å². The number of H-pyrrole nitrogens is 1. The smallest absolute Gasteiger partial charge is 0.295 e. The van der Waals surface area contributed by atoms with E-state index < -0.39 is 11.7 Å². The van der Waals surface area contributed by atoms with Crippen LogP contribution >= 0.6 is 0 Å². The summed E-state index contributed by atoms with van der Waals surface area (Å²) in [6, 6.07) is 12.4. The number of amides is 2. The lowest BCUT2D eigenvalue weighted by molar-refractivity contribution is -0.127. The van der Waals surface area contributed by atoms with Gasteiger partial charge in [0.25, 0.3) is 17.6 Å². The van der Waals surface area contributed by atoms with Gasteiger partial charge < -0.3 is 24.3 Å². The summed E-state index contributed by atoms with van der Waals surface area (Å²) in [5.41, 5.74) is 1.57. The molecule has 8 nitrogen and oxygen atoms in total. The zero-order valence-electron chi connectivity index (χ0n) is 17.4. The maximum absolute atomic E-state index is 12.9. The second-order valence-electron chi connectivity index (χ2n) is 7.23. The van der Waals surface area contributed by atoms with Crippen molar-refractivity contribution in [1.82, 2.24) is 14.8 Å². The normalized spacial score (nSPS) is 13.9. The number of nitrogens with one attached hydrogen (secondary N) is 1. The Morgan fingerprint density at radius 1 is 0.871 bits per heavy atom.